The topological polar surface area (TPSA) is 29.1 Å². The molecule has 0 atom stereocenters. The fraction of sp³-hybridized carbons (Fsp3) is 0.562. The van der Waals surface area contributed by atoms with E-state index in [1.54, 1.807) is 12.1 Å². The zero-order chi connectivity index (χ0) is 14.5. The van der Waals surface area contributed by atoms with E-state index in [1.807, 2.05) is 0 Å². The summed E-state index contributed by atoms with van der Waals surface area (Å²) in [5, 5.41) is 3.02. The summed E-state index contributed by atoms with van der Waals surface area (Å²) < 4.78 is 13.8. The molecule has 1 aliphatic carbocycles. The summed E-state index contributed by atoms with van der Waals surface area (Å²) in [6, 6.07) is 4.73. The molecule has 1 aromatic rings. The van der Waals surface area contributed by atoms with Gasteiger partial charge in [0, 0.05) is 11.6 Å². The van der Waals surface area contributed by atoms with E-state index in [0.29, 0.717) is 10.0 Å². The Balaban J connectivity index is 1.87. The summed E-state index contributed by atoms with van der Waals surface area (Å²) in [4.78, 5) is 12.1. The average Bonchev–Trinajstić information content (AvgIpc) is 2.44. The van der Waals surface area contributed by atoms with E-state index in [-0.39, 0.29) is 11.9 Å². The summed E-state index contributed by atoms with van der Waals surface area (Å²) in [6.07, 6.45) is 6.98. The van der Waals surface area contributed by atoms with Crippen molar-refractivity contribution >= 4 is 21.8 Å². The molecule has 0 aromatic heterocycles. The summed E-state index contributed by atoms with van der Waals surface area (Å²) in [7, 11) is 0. The standard InChI is InChI=1S/C16H21BrFNO/c1-2-3-11-4-7-13(8-5-11)19-16(20)12-6-9-14(17)15(18)10-12/h6,9-11,13H,2-5,7-8H2,1H3,(H,19,20). The van der Waals surface area contributed by atoms with Gasteiger partial charge in [0.2, 0.25) is 0 Å². The second-order valence-corrected chi connectivity index (χ2v) is 6.46. The minimum atomic E-state index is -0.399. The molecule has 0 bridgehead atoms. The molecule has 2 rings (SSSR count). The predicted molar refractivity (Wildman–Crippen MR) is 82.2 cm³/mol. The first-order valence-electron chi connectivity index (χ1n) is 7.36. The Morgan fingerprint density at radius 2 is 2.05 bits per heavy atom. The van der Waals surface area contributed by atoms with Gasteiger partial charge >= 0.3 is 0 Å². The average molecular weight is 342 g/mol. The maximum Gasteiger partial charge on any atom is 0.251 e. The molecule has 1 fully saturated rings. The maximum absolute atomic E-state index is 13.4. The van der Waals surface area contributed by atoms with Crippen LogP contribution in [0.3, 0.4) is 0 Å². The number of carbonyl (C=O) groups is 1. The molecule has 1 amide bonds. The van der Waals surface area contributed by atoms with Gasteiger partial charge in [-0.05, 0) is 65.7 Å². The SMILES string of the molecule is CCCC1CCC(NC(=O)c2ccc(Br)c(F)c2)CC1. The van der Waals surface area contributed by atoms with E-state index < -0.39 is 5.82 Å². The highest BCUT2D eigenvalue weighted by molar-refractivity contribution is 9.10. The van der Waals surface area contributed by atoms with E-state index >= 15 is 0 Å². The number of amides is 1. The molecule has 1 N–H and O–H groups in total. The third-order valence-electron chi connectivity index (χ3n) is 4.06. The fourth-order valence-corrected chi connectivity index (χ4v) is 3.16. The van der Waals surface area contributed by atoms with Crippen molar-refractivity contribution in [2.24, 2.45) is 5.92 Å². The van der Waals surface area contributed by atoms with E-state index in [4.69, 9.17) is 0 Å². The lowest BCUT2D eigenvalue weighted by Gasteiger charge is -2.29. The lowest BCUT2D eigenvalue weighted by atomic mass is 9.83. The van der Waals surface area contributed by atoms with Gasteiger partial charge in [-0.15, -0.1) is 0 Å². The summed E-state index contributed by atoms with van der Waals surface area (Å²) in [6.45, 7) is 2.22. The van der Waals surface area contributed by atoms with E-state index in [0.717, 1.165) is 18.8 Å². The second kappa shape index (κ2) is 7.21. The second-order valence-electron chi connectivity index (χ2n) is 5.61. The Hall–Kier alpha value is -0.900. The molecule has 1 saturated carbocycles. The third kappa shape index (κ3) is 4.05. The molecular formula is C16H21BrFNO. The van der Waals surface area contributed by atoms with Crippen LogP contribution < -0.4 is 5.32 Å². The Labute approximate surface area is 128 Å². The van der Waals surface area contributed by atoms with E-state index in [1.165, 1.54) is 31.7 Å². The molecule has 0 unspecified atom stereocenters. The molecule has 0 saturated heterocycles. The normalized spacial score (nSPS) is 22.6. The van der Waals surface area contributed by atoms with Crippen LogP contribution in [0.5, 0.6) is 0 Å². The van der Waals surface area contributed by atoms with Crippen LogP contribution in [-0.2, 0) is 0 Å². The zero-order valence-corrected chi connectivity index (χ0v) is 13.4. The molecule has 4 heteroatoms. The van der Waals surface area contributed by atoms with E-state index in [9.17, 15) is 9.18 Å². The Morgan fingerprint density at radius 3 is 2.65 bits per heavy atom. The van der Waals surface area contributed by atoms with Crippen LogP contribution in [0.15, 0.2) is 22.7 Å². The largest absolute Gasteiger partial charge is 0.349 e. The zero-order valence-electron chi connectivity index (χ0n) is 11.8. The first kappa shape index (κ1) is 15.5. The summed E-state index contributed by atoms with van der Waals surface area (Å²) in [5.41, 5.74) is 0.390. The minimum absolute atomic E-state index is 0.171. The monoisotopic (exact) mass is 341 g/mol. The van der Waals surface area contributed by atoms with Crippen molar-refractivity contribution in [2.75, 3.05) is 0 Å². The smallest absolute Gasteiger partial charge is 0.251 e. The maximum atomic E-state index is 13.4. The van der Waals surface area contributed by atoms with Gasteiger partial charge in [-0.25, -0.2) is 4.39 Å². The van der Waals surface area contributed by atoms with Gasteiger partial charge in [-0.2, -0.15) is 0 Å². The number of hydrogen-bond donors (Lipinski definition) is 1. The van der Waals surface area contributed by atoms with E-state index in [2.05, 4.69) is 28.2 Å². The molecule has 20 heavy (non-hydrogen) atoms. The van der Waals surface area contributed by atoms with Gasteiger partial charge in [0.05, 0.1) is 4.47 Å². The van der Waals surface area contributed by atoms with Crippen LogP contribution >= 0.6 is 15.9 Å². The molecule has 0 radical (unpaired) electrons. The highest BCUT2D eigenvalue weighted by Crippen LogP contribution is 2.28. The van der Waals surface area contributed by atoms with Crippen molar-refractivity contribution in [1.29, 1.82) is 0 Å². The first-order valence-corrected chi connectivity index (χ1v) is 8.15. The minimum Gasteiger partial charge on any atom is -0.349 e. The van der Waals surface area contributed by atoms with Crippen molar-refractivity contribution in [2.45, 2.75) is 51.5 Å². The number of rotatable bonds is 4. The summed E-state index contributed by atoms with van der Waals surface area (Å²) in [5.74, 6) is 0.248. The molecule has 0 aliphatic heterocycles. The molecule has 1 aliphatic rings. The van der Waals surface area contributed by atoms with Gasteiger partial charge < -0.3 is 5.32 Å². The van der Waals surface area contributed by atoms with Crippen molar-refractivity contribution in [3.8, 4) is 0 Å². The van der Waals surface area contributed by atoms with Crippen LogP contribution in [0.1, 0.15) is 55.8 Å². The van der Waals surface area contributed by atoms with Crippen LogP contribution in [0, 0.1) is 11.7 Å². The lowest BCUT2D eigenvalue weighted by Crippen LogP contribution is -2.37. The Morgan fingerprint density at radius 1 is 1.35 bits per heavy atom. The van der Waals surface area contributed by atoms with Gasteiger partial charge in [-0.3, -0.25) is 4.79 Å². The van der Waals surface area contributed by atoms with Gasteiger partial charge in [0.15, 0.2) is 0 Å². The fourth-order valence-electron chi connectivity index (χ4n) is 2.91. The van der Waals surface area contributed by atoms with Crippen molar-refractivity contribution in [1.82, 2.24) is 5.32 Å². The highest BCUT2D eigenvalue weighted by Gasteiger charge is 2.22. The molecule has 0 spiro atoms. The number of carbonyl (C=O) groups excluding carboxylic acids is 1. The summed E-state index contributed by atoms with van der Waals surface area (Å²) >= 11 is 3.09. The number of benzene rings is 1. The number of nitrogens with one attached hydrogen (secondary N) is 1. The Kier molecular flexibility index (Phi) is 5.58. The number of hydrogen-bond acceptors (Lipinski definition) is 1. The molecule has 1 aromatic carbocycles. The Bertz CT molecular complexity index is 470. The van der Waals surface area contributed by atoms with Crippen molar-refractivity contribution in [3.63, 3.8) is 0 Å². The van der Waals surface area contributed by atoms with Gasteiger partial charge in [0.25, 0.3) is 5.91 Å². The quantitative estimate of drug-likeness (QED) is 0.846. The van der Waals surface area contributed by atoms with Crippen LogP contribution in [0.2, 0.25) is 0 Å². The van der Waals surface area contributed by atoms with Gasteiger partial charge in [0.1, 0.15) is 5.82 Å². The van der Waals surface area contributed by atoms with Gasteiger partial charge in [-0.1, -0.05) is 19.8 Å². The molecular weight excluding hydrogens is 321 g/mol. The van der Waals surface area contributed by atoms with Crippen LogP contribution in [0.25, 0.3) is 0 Å². The molecule has 110 valence electrons. The molecule has 0 heterocycles. The van der Waals surface area contributed by atoms with Crippen LogP contribution in [0.4, 0.5) is 4.39 Å². The van der Waals surface area contributed by atoms with Crippen molar-refractivity contribution in [3.05, 3.63) is 34.1 Å². The molecule has 2 nitrogen and oxygen atoms in total. The third-order valence-corrected chi connectivity index (χ3v) is 4.70. The lowest BCUT2D eigenvalue weighted by molar-refractivity contribution is 0.0920. The highest BCUT2D eigenvalue weighted by atomic mass is 79.9. The number of halogens is 2. The predicted octanol–water partition coefficient (Wildman–Crippen LogP) is 4.68. The van der Waals surface area contributed by atoms with Crippen LogP contribution in [-0.4, -0.2) is 11.9 Å². The first-order chi connectivity index (χ1) is 9.60. The van der Waals surface area contributed by atoms with Crippen molar-refractivity contribution < 1.29 is 9.18 Å².